The van der Waals surface area contributed by atoms with Crippen molar-refractivity contribution in [1.29, 1.82) is 0 Å². The van der Waals surface area contributed by atoms with Crippen LogP contribution in [0.2, 0.25) is 0 Å². The zero-order chi connectivity index (χ0) is 36.7. The molecule has 6 aliphatic carbocycles. The summed E-state index contributed by atoms with van der Waals surface area (Å²) in [6.07, 6.45) is 16.5. The second-order valence-corrected chi connectivity index (χ2v) is 20.0. The number of hydrogen-bond acceptors (Lipinski definition) is 5. The van der Waals surface area contributed by atoms with Gasteiger partial charge in [0.1, 0.15) is 5.75 Å². The first-order valence-electron chi connectivity index (χ1n) is 21.1. The molecule has 7 aliphatic rings. The molecule has 6 heteroatoms. The number of nitrogens with zero attached hydrogens (tertiary/aromatic N) is 2. The van der Waals surface area contributed by atoms with Gasteiger partial charge in [-0.2, -0.15) is 0 Å². The molecule has 1 heterocycles. The number of piperazine rings is 1. The third kappa shape index (κ3) is 5.61. The Morgan fingerprint density at radius 1 is 0.885 bits per heavy atom. The highest BCUT2D eigenvalue weighted by Gasteiger charge is 2.70. The topological polar surface area (TPSA) is 61.9 Å². The first kappa shape index (κ1) is 36.5. The van der Waals surface area contributed by atoms with Gasteiger partial charge >= 0.3 is 0 Å². The molecule has 284 valence electrons. The van der Waals surface area contributed by atoms with E-state index in [-0.39, 0.29) is 16.4 Å². The third-order valence-electron chi connectivity index (χ3n) is 17.5. The van der Waals surface area contributed by atoms with Crippen molar-refractivity contribution in [2.75, 3.05) is 39.3 Å². The number of allylic oxidation sites excluding steroid dienone is 3. The molecule has 0 unspecified atom stereocenters. The predicted molar refractivity (Wildman–Crippen MR) is 210 cm³/mol. The third-order valence-corrected chi connectivity index (χ3v) is 17.5. The number of hydrogen-bond donors (Lipinski definition) is 1. The summed E-state index contributed by atoms with van der Waals surface area (Å²) in [4.78, 5) is 28.3. The van der Waals surface area contributed by atoms with E-state index in [9.17, 15) is 9.59 Å². The van der Waals surface area contributed by atoms with Crippen LogP contribution >= 0.6 is 0 Å². The molecule has 6 fully saturated rings. The minimum Gasteiger partial charge on any atom is -0.429 e. The largest absolute Gasteiger partial charge is 0.429 e. The fourth-order valence-corrected chi connectivity index (χ4v) is 14.6. The van der Waals surface area contributed by atoms with Crippen LogP contribution < -0.4 is 10.1 Å². The zero-order valence-electron chi connectivity index (χ0n) is 33.3. The highest BCUT2D eigenvalue weighted by atomic mass is 16.5. The van der Waals surface area contributed by atoms with Gasteiger partial charge in [-0.3, -0.25) is 14.5 Å². The van der Waals surface area contributed by atoms with Crippen LogP contribution in [0, 0.1) is 57.2 Å². The van der Waals surface area contributed by atoms with E-state index in [2.05, 4.69) is 81.4 Å². The Morgan fingerprint density at radius 3 is 2.29 bits per heavy atom. The predicted octanol–water partition coefficient (Wildman–Crippen LogP) is 8.77. The second-order valence-electron chi connectivity index (χ2n) is 20.0. The van der Waals surface area contributed by atoms with Gasteiger partial charge in [0.05, 0.1) is 0 Å². The van der Waals surface area contributed by atoms with Crippen molar-refractivity contribution in [1.82, 2.24) is 15.1 Å². The maximum Gasteiger partial charge on any atom is 0.298 e. The van der Waals surface area contributed by atoms with Gasteiger partial charge in [0, 0.05) is 50.7 Å². The van der Waals surface area contributed by atoms with Crippen molar-refractivity contribution >= 4 is 18.0 Å². The number of rotatable bonds is 9. The highest BCUT2D eigenvalue weighted by Crippen LogP contribution is 2.76. The molecule has 1 N–H and O–H groups in total. The van der Waals surface area contributed by atoms with Gasteiger partial charge in [0.25, 0.3) is 6.47 Å². The smallest absolute Gasteiger partial charge is 0.298 e. The lowest BCUT2D eigenvalue weighted by Crippen LogP contribution is -2.68. The molecule has 6 nitrogen and oxygen atoms in total. The number of ether oxygens (including phenoxy) is 1. The molecule has 1 aromatic rings. The van der Waals surface area contributed by atoms with E-state index in [4.69, 9.17) is 4.74 Å². The van der Waals surface area contributed by atoms with Crippen LogP contribution in [0.5, 0.6) is 5.75 Å². The molecule has 8 rings (SSSR count). The van der Waals surface area contributed by atoms with Crippen LogP contribution in [0.25, 0.3) is 5.57 Å². The lowest BCUT2D eigenvalue weighted by Gasteiger charge is -2.72. The normalized spacial score (nSPS) is 41.2. The summed E-state index contributed by atoms with van der Waals surface area (Å²) >= 11 is 0. The van der Waals surface area contributed by atoms with Gasteiger partial charge in [0.2, 0.25) is 5.91 Å². The Kier molecular flexibility index (Phi) is 9.20. The van der Waals surface area contributed by atoms with E-state index in [1.807, 2.05) is 12.1 Å². The lowest BCUT2D eigenvalue weighted by molar-refractivity contribution is -0.219. The first-order chi connectivity index (χ1) is 24.8. The summed E-state index contributed by atoms with van der Waals surface area (Å²) in [5.74, 6) is 4.72. The second kappa shape index (κ2) is 13.1. The van der Waals surface area contributed by atoms with E-state index < -0.39 is 0 Å². The minimum absolute atomic E-state index is 0.0701. The van der Waals surface area contributed by atoms with E-state index >= 15 is 0 Å². The van der Waals surface area contributed by atoms with Gasteiger partial charge in [-0.1, -0.05) is 65.0 Å². The minimum atomic E-state index is 0.0701. The number of fused-ring (bicyclic) bond motifs is 7. The van der Waals surface area contributed by atoms with Crippen molar-refractivity contribution in [3.05, 3.63) is 48.1 Å². The Balaban J connectivity index is 1.00. The standard InChI is InChI=1S/C46H67N3O3/c1-31(2)35-16-21-46(47-24-25-48-26-28-49(29-27-48)41(51)33-8-9-33)23-22-44(6)37(40(35)46)14-15-39-43(5)19-17-36(32-10-12-34(13-11-32)52-30-50)42(3,4)38(43)18-20-45(39,44)7/h10-13,17,30,33,35,37-40,47H,1,8-9,14-16,18-29H2,2-7H3/t35-,37+,38-,39+,40+,43-,44+,45+,46-/m0/s1. The van der Waals surface area contributed by atoms with Gasteiger partial charge in [0.15, 0.2) is 0 Å². The number of benzene rings is 1. The molecule has 1 saturated heterocycles. The van der Waals surface area contributed by atoms with Crippen LogP contribution in [-0.4, -0.2) is 67.0 Å². The first-order valence-corrected chi connectivity index (χ1v) is 21.1. The number of amides is 1. The van der Waals surface area contributed by atoms with Gasteiger partial charge in [-0.15, -0.1) is 0 Å². The summed E-state index contributed by atoms with van der Waals surface area (Å²) in [5.41, 5.74) is 5.36. The molecular formula is C46H67N3O3. The van der Waals surface area contributed by atoms with Crippen molar-refractivity contribution in [2.24, 2.45) is 57.2 Å². The molecule has 1 amide bonds. The molecule has 0 bridgehead atoms. The average molecular weight is 710 g/mol. The fraction of sp³-hybridized carbons (Fsp3) is 0.739. The summed E-state index contributed by atoms with van der Waals surface area (Å²) in [6.45, 7) is 26.7. The van der Waals surface area contributed by atoms with Crippen molar-refractivity contribution in [3.63, 3.8) is 0 Å². The highest BCUT2D eigenvalue weighted by molar-refractivity contribution is 5.81. The SMILES string of the molecule is C=C(C)[C@@H]1CC[C@]2(NCCN3CCN(C(=O)C4CC4)CC3)CC[C@]3(C)[C@H](CC[C@@H]4[C@@]5(C)CC=C(c6ccc(OC=O)cc6)C(C)(C)[C@@H]5CC[C@]43C)[C@@H]12. The van der Waals surface area contributed by atoms with Gasteiger partial charge < -0.3 is 15.0 Å². The Bertz CT molecular complexity index is 1590. The molecule has 1 aromatic carbocycles. The maximum atomic E-state index is 12.6. The van der Waals surface area contributed by atoms with Gasteiger partial charge in [-0.25, -0.2) is 0 Å². The Morgan fingerprint density at radius 2 is 1.62 bits per heavy atom. The summed E-state index contributed by atoms with van der Waals surface area (Å²) in [7, 11) is 0. The van der Waals surface area contributed by atoms with Crippen molar-refractivity contribution < 1.29 is 14.3 Å². The zero-order valence-corrected chi connectivity index (χ0v) is 33.3. The van der Waals surface area contributed by atoms with Crippen LogP contribution in [0.15, 0.2) is 42.5 Å². The lowest BCUT2D eigenvalue weighted by atomic mass is 9.33. The monoisotopic (exact) mass is 710 g/mol. The van der Waals surface area contributed by atoms with Crippen LogP contribution in [-0.2, 0) is 9.59 Å². The Labute approximate surface area is 314 Å². The Hall–Kier alpha value is -2.44. The van der Waals surface area contributed by atoms with Crippen molar-refractivity contribution in [3.8, 4) is 5.75 Å². The molecular weight excluding hydrogens is 643 g/mol. The van der Waals surface area contributed by atoms with E-state index in [1.165, 1.54) is 68.1 Å². The van der Waals surface area contributed by atoms with E-state index in [0.717, 1.165) is 70.4 Å². The molecule has 0 radical (unpaired) electrons. The average Bonchev–Trinajstić information content (AvgIpc) is 3.89. The maximum absolute atomic E-state index is 12.6. The number of carbonyl (C=O) groups excluding carboxylic acids is 2. The molecule has 52 heavy (non-hydrogen) atoms. The van der Waals surface area contributed by atoms with Crippen LogP contribution in [0.1, 0.15) is 118 Å². The quantitative estimate of drug-likeness (QED) is 0.205. The summed E-state index contributed by atoms with van der Waals surface area (Å²) < 4.78 is 5.12. The van der Waals surface area contributed by atoms with Crippen LogP contribution in [0.4, 0.5) is 0 Å². The molecule has 1 aliphatic heterocycles. The molecule has 0 spiro atoms. The van der Waals surface area contributed by atoms with E-state index in [1.54, 1.807) is 0 Å². The van der Waals surface area contributed by atoms with Crippen molar-refractivity contribution in [2.45, 2.75) is 118 Å². The summed E-state index contributed by atoms with van der Waals surface area (Å²) in [5, 5.41) is 4.32. The molecule has 0 aromatic heterocycles. The van der Waals surface area contributed by atoms with Crippen LogP contribution in [0.3, 0.4) is 0 Å². The molecule has 9 atom stereocenters. The number of carbonyl (C=O) groups is 2. The molecule has 5 saturated carbocycles. The number of nitrogens with one attached hydrogen (secondary N) is 1. The fourth-order valence-electron chi connectivity index (χ4n) is 14.6. The van der Waals surface area contributed by atoms with Gasteiger partial charge in [-0.05, 0) is 152 Å². The summed E-state index contributed by atoms with van der Waals surface area (Å²) in [6, 6.07) is 8.17. The van der Waals surface area contributed by atoms with E-state index in [0.29, 0.717) is 52.6 Å².